The van der Waals surface area contributed by atoms with E-state index in [9.17, 15) is 9.18 Å². The lowest BCUT2D eigenvalue weighted by molar-refractivity contribution is 0.102. The first kappa shape index (κ1) is 18.7. The summed E-state index contributed by atoms with van der Waals surface area (Å²) in [7, 11) is 0. The van der Waals surface area contributed by atoms with Crippen LogP contribution in [0.25, 0.3) is 5.69 Å². The molecule has 0 unspecified atom stereocenters. The highest BCUT2D eigenvalue weighted by molar-refractivity contribution is 6.04. The normalized spacial score (nSPS) is 15.2. The van der Waals surface area contributed by atoms with E-state index in [1.165, 1.54) is 12.1 Å². The number of carbonyl (C=O) groups excluding carboxylic acids is 1. The number of fused-ring (bicyclic) bond motifs is 2. The monoisotopic (exact) mass is 407 g/mol. The molecule has 154 valence electrons. The Morgan fingerprint density at radius 3 is 2.57 bits per heavy atom. The Labute approximate surface area is 173 Å². The number of nitrogens with one attached hydrogen (secondary N) is 1. The molecular formula is C23H22FN3O3. The molecule has 2 aliphatic rings. The van der Waals surface area contributed by atoms with Gasteiger partial charge < -0.3 is 14.8 Å². The van der Waals surface area contributed by atoms with Crippen LogP contribution in [0.4, 0.5) is 10.1 Å². The molecule has 6 nitrogen and oxygen atoms in total. The van der Waals surface area contributed by atoms with Gasteiger partial charge in [0.2, 0.25) is 0 Å². The van der Waals surface area contributed by atoms with Crippen LogP contribution < -0.4 is 14.8 Å². The highest BCUT2D eigenvalue weighted by Crippen LogP contribution is 2.33. The van der Waals surface area contributed by atoms with Crippen LogP contribution in [0.1, 0.15) is 41.0 Å². The molecule has 3 aromatic rings. The fourth-order valence-corrected chi connectivity index (χ4v) is 4.01. The third-order valence-electron chi connectivity index (χ3n) is 5.47. The minimum absolute atomic E-state index is 0.261. The summed E-state index contributed by atoms with van der Waals surface area (Å²) in [5, 5.41) is 7.56. The van der Waals surface area contributed by atoms with Crippen LogP contribution >= 0.6 is 0 Å². The minimum Gasteiger partial charge on any atom is -0.490 e. The minimum atomic E-state index is -0.299. The van der Waals surface area contributed by atoms with Gasteiger partial charge in [0.25, 0.3) is 5.91 Å². The highest BCUT2D eigenvalue weighted by Gasteiger charge is 2.26. The van der Waals surface area contributed by atoms with Gasteiger partial charge in [-0.2, -0.15) is 5.10 Å². The Bertz CT molecular complexity index is 1090. The van der Waals surface area contributed by atoms with Crippen LogP contribution in [0.5, 0.6) is 11.5 Å². The summed E-state index contributed by atoms with van der Waals surface area (Å²) in [5.74, 6) is 0.753. The van der Waals surface area contributed by atoms with Gasteiger partial charge >= 0.3 is 0 Å². The van der Waals surface area contributed by atoms with Gasteiger partial charge in [-0.1, -0.05) is 0 Å². The van der Waals surface area contributed by atoms with Crippen LogP contribution in [0.15, 0.2) is 42.5 Å². The van der Waals surface area contributed by atoms with Crippen LogP contribution in [-0.4, -0.2) is 28.9 Å². The second-order valence-corrected chi connectivity index (χ2v) is 7.54. The first-order chi connectivity index (χ1) is 14.7. The molecule has 30 heavy (non-hydrogen) atoms. The van der Waals surface area contributed by atoms with Gasteiger partial charge in [-0.3, -0.25) is 4.79 Å². The lowest BCUT2D eigenvalue weighted by Crippen LogP contribution is -2.15. The second kappa shape index (κ2) is 7.82. The SMILES string of the molecule is O=C(Nc1ccc2c(c1)OCCCO2)c1nn(-c2ccc(F)cc2)c2c1CCCC2. The first-order valence-electron chi connectivity index (χ1n) is 10.3. The molecule has 0 bridgehead atoms. The van der Waals surface area contributed by atoms with E-state index >= 15 is 0 Å². The van der Waals surface area contributed by atoms with Crippen molar-refractivity contribution in [3.8, 4) is 17.2 Å². The van der Waals surface area contributed by atoms with E-state index in [4.69, 9.17) is 9.47 Å². The molecule has 0 fully saturated rings. The lowest BCUT2D eigenvalue weighted by Gasteiger charge is -2.14. The molecule has 1 amide bonds. The van der Waals surface area contributed by atoms with E-state index < -0.39 is 0 Å². The number of nitrogens with zero attached hydrogens (tertiary/aromatic N) is 2. The molecular weight excluding hydrogens is 385 g/mol. The van der Waals surface area contributed by atoms with Crippen LogP contribution in [0, 0.1) is 5.82 Å². The van der Waals surface area contributed by atoms with Crippen molar-refractivity contribution >= 4 is 11.6 Å². The Hall–Kier alpha value is -3.35. The van der Waals surface area contributed by atoms with Crippen molar-refractivity contribution in [2.45, 2.75) is 32.1 Å². The standard InChI is InChI=1S/C23H22FN3O3/c24-15-6-9-17(10-7-15)27-19-5-2-1-4-18(19)22(26-27)23(28)25-16-8-11-20-21(14-16)30-13-3-12-29-20/h6-11,14H,1-5,12-13H2,(H,25,28). The topological polar surface area (TPSA) is 65.4 Å². The predicted molar refractivity (Wildman–Crippen MR) is 110 cm³/mol. The van der Waals surface area contributed by atoms with Crippen LogP contribution in [0.3, 0.4) is 0 Å². The predicted octanol–water partition coefficient (Wildman–Crippen LogP) is 4.30. The van der Waals surface area contributed by atoms with Gasteiger partial charge in [-0.05, 0) is 62.1 Å². The molecule has 1 aromatic heterocycles. The molecule has 2 aromatic carbocycles. The number of aromatic nitrogens is 2. The largest absolute Gasteiger partial charge is 0.490 e. The molecule has 2 heterocycles. The summed E-state index contributed by atoms with van der Waals surface area (Å²) in [4.78, 5) is 13.1. The van der Waals surface area contributed by atoms with Crippen molar-refractivity contribution in [1.29, 1.82) is 0 Å². The van der Waals surface area contributed by atoms with Crippen LogP contribution in [-0.2, 0) is 12.8 Å². The molecule has 0 saturated heterocycles. The van der Waals surface area contributed by atoms with E-state index in [2.05, 4.69) is 10.4 Å². The summed E-state index contributed by atoms with van der Waals surface area (Å²) in [6.45, 7) is 1.20. The fraction of sp³-hybridized carbons (Fsp3) is 0.304. The quantitative estimate of drug-likeness (QED) is 0.703. The van der Waals surface area contributed by atoms with Crippen molar-refractivity contribution in [3.63, 3.8) is 0 Å². The van der Waals surface area contributed by atoms with Crippen LogP contribution in [0.2, 0.25) is 0 Å². The van der Waals surface area contributed by atoms with E-state index in [0.29, 0.717) is 36.1 Å². The molecule has 1 aliphatic heterocycles. The molecule has 5 rings (SSSR count). The zero-order valence-corrected chi connectivity index (χ0v) is 16.5. The summed E-state index contributed by atoms with van der Waals surface area (Å²) >= 11 is 0. The molecule has 0 atom stereocenters. The Morgan fingerprint density at radius 1 is 0.967 bits per heavy atom. The molecule has 7 heteroatoms. The molecule has 0 spiro atoms. The Kier molecular flexibility index (Phi) is 4.86. The van der Waals surface area contributed by atoms with Gasteiger partial charge in [0.1, 0.15) is 5.82 Å². The number of anilines is 1. The van der Waals surface area contributed by atoms with E-state index in [-0.39, 0.29) is 11.7 Å². The van der Waals surface area contributed by atoms with Crippen molar-refractivity contribution in [1.82, 2.24) is 9.78 Å². The van der Waals surface area contributed by atoms with Crippen molar-refractivity contribution < 1.29 is 18.7 Å². The zero-order chi connectivity index (χ0) is 20.5. The number of rotatable bonds is 3. The number of halogens is 1. The van der Waals surface area contributed by atoms with E-state index in [0.717, 1.165) is 49.0 Å². The summed E-state index contributed by atoms with van der Waals surface area (Å²) in [6.07, 6.45) is 4.54. The second-order valence-electron chi connectivity index (χ2n) is 7.54. The number of benzene rings is 2. The molecule has 1 aliphatic carbocycles. The lowest BCUT2D eigenvalue weighted by atomic mass is 9.95. The van der Waals surface area contributed by atoms with Gasteiger partial charge in [-0.25, -0.2) is 9.07 Å². The number of amides is 1. The van der Waals surface area contributed by atoms with Gasteiger partial charge in [0.05, 0.1) is 18.9 Å². The smallest absolute Gasteiger partial charge is 0.276 e. The maximum atomic E-state index is 13.3. The molecule has 1 N–H and O–H groups in total. The average Bonchev–Trinajstić information content (AvgIpc) is 2.99. The highest BCUT2D eigenvalue weighted by atomic mass is 19.1. The Morgan fingerprint density at radius 2 is 1.73 bits per heavy atom. The summed E-state index contributed by atoms with van der Waals surface area (Å²) < 4.78 is 26.5. The maximum Gasteiger partial charge on any atom is 0.276 e. The van der Waals surface area contributed by atoms with Gasteiger partial charge in [0.15, 0.2) is 17.2 Å². The summed E-state index contributed by atoms with van der Waals surface area (Å²) in [5.41, 5.74) is 3.80. The maximum absolute atomic E-state index is 13.3. The third kappa shape index (κ3) is 3.51. The molecule has 0 saturated carbocycles. The van der Waals surface area contributed by atoms with E-state index in [1.54, 1.807) is 28.9 Å². The van der Waals surface area contributed by atoms with Crippen molar-refractivity contribution in [3.05, 3.63) is 65.2 Å². The first-order valence-corrected chi connectivity index (χ1v) is 10.3. The number of hydrogen-bond acceptors (Lipinski definition) is 4. The average molecular weight is 407 g/mol. The number of carbonyl (C=O) groups is 1. The number of ether oxygens (including phenoxy) is 2. The van der Waals surface area contributed by atoms with Crippen molar-refractivity contribution in [2.75, 3.05) is 18.5 Å². The fourth-order valence-electron chi connectivity index (χ4n) is 4.01. The third-order valence-corrected chi connectivity index (χ3v) is 5.47. The zero-order valence-electron chi connectivity index (χ0n) is 16.5. The van der Waals surface area contributed by atoms with E-state index in [1.807, 2.05) is 6.07 Å². The van der Waals surface area contributed by atoms with Gasteiger partial charge in [-0.15, -0.1) is 0 Å². The number of hydrogen-bond donors (Lipinski definition) is 1. The van der Waals surface area contributed by atoms with Gasteiger partial charge in [0, 0.05) is 29.4 Å². The Balaban J connectivity index is 1.46. The molecule has 0 radical (unpaired) electrons. The van der Waals surface area contributed by atoms with Crippen molar-refractivity contribution in [2.24, 2.45) is 0 Å². The summed E-state index contributed by atoms with van der Waals surface area (Å²) in [6, 6.07) is 11.6.